The van der Waals surface area contributed by atoms with E-state index in [1.807, 2.05) is 0 Å². The van der Waals surface area contributed by atoms with Crippen molar-refractivity contribution >= 4 is 0 Å². The third-order valence-corrected chi connectivity index (χ3v) is 2.13. The van der Waals surface area contributed by atoms with E-state index in [4.69, 9.17) is 0 Å². The molecule has 0 aliphatic carbocycles. The van der Waals surface area contributed by atoms with E-state index < -0.39 is 6.17 Å². The molecule has 0 saturated carbocycles. The lowest BCUT2D eigenvalue weighted by Gasteiger charge is -2.23. The summed E-state index contributed by atoms with van der Waals surface area (Å²) in [5.41, 5.74) is 0.265. The molecule has 2 atom stereocenters. The number of nitrogens with one attached hydrogen (secondary N) is 1. The molecule has 0 spiro atoms. The molecule has 1 nitrogen and oxygen atoms in total. The van der Waals surface area contributed by atoms with Crippen LogP contribution >= 0.6 is 0 Å². The van der Waals surface area contributed by atoms with E-state index in [0.29, 0.717) is 6.54 Å². The van der Waals surface area contributed by atoms with Gasteiger partial charge in [-0.25, -0.2) is 4.39 Å². The Balaban J connectivity index is 2.37. The van der Waals surface area contributed by atoms with Gasteiger partial charge in [0, 0.05) is 19.0 Å². The molecule has 1 heterocycles. The number of alkyl halides is 1. The summed E-state index contributed by atoms with van der Waals surface area (Å²) < 4.78 is 13.1. The summed E-state index contributed by atoms with van der Waals surface area (Å²) in [6, 6.07) is 0. The first kappa shape index (κ1) is 8.98. The monoisotopic (exact) mass is 159 g/mol. The van der Waals surface area contributed by atoms with Crippen molar-refractivity contribution < 1.29 is 4.39 Å². The van der Waals surface area contributed by atoms with Crippen LogP contribution in [0.1, 0.15) is 27.2 Å². The Morgan fingerprint density at radius 3 is 2.36 bits per heavy atom. The van der Waals surface area contributed by atoms with Gasteiger partial charge in [-0.1, -0.05) is 20.8 Å². The zero-order valence-electron chi connectivity index (χ0n) is 7.65. The number of halogens is 1. The maximum absolute atomic E-state index is 13.1. The normalized spacial score (nSPS) is 32.7. The summed E-state index contributed by atoms with van der Waals surface area (Å²) in [5, 5.41) is 3.07. The minimum absolute atomic E-state index is 0.245. The number of hydrogen-bond donors (Lipinski definition) is 1. The number of hydrogen-bond acceptors (Lipinski definition) is 1. The Labute approximate surface area is 68.4 Å². The van der Waals surface area contributed by atoms with Crippen molar-refractivity contribution in [3.05, 3.63) is 0 Å². The highest BCUT2D eigenvalue weighted by atomic mass is 19.1. The lowest BCUT2D eigenvalue weighted by Crippen LogP contribution is -2.20. The average molecular weight is 159 g/mol. The Morgan fingerprint density at radius 2 is 2.00 bits per heavy atom. The van der Waals surface area contributed by atoms with Crippen LogP contribution in [0.5, 0.6) is 0 Å². The van der Waals surface area contributed by atoms with Gasteiger partial charge >= 0.3 is 0 Å². The van der Waals surface area contributed by atoms with E-state index in [2.05, 4.69) is 26.1 Å². The van der Waals surface area contributed by atoms with Gasteiger partial charge in [0.1, 0.15) is 6.17 Å². The molecule has 2 heteroatoms. The molecule has 1 saturated heterocycles. The first-order chi connectivity index (χ1) is 4.99. The number of rotatable bonds is 1. The highest BCUT2D eigenvalue weighted by Gasteiger charge is 2.30. The van der Waals surface area contributed by atoms with Crippen LogP contribution in [0.4, 0.5) is 4.39 Å². The van der Waals surface area contributed by atoms with E-state index in [9.17, 15) is 4.39 Å². The average Bonchev–Trinajstić information content (AvgIpc) is 2.12. The first-order valence-corrected chi connectivity index (χ1v) is 4.34. The lowest BCUT2D eigenvalue weighted by atomic mass is 9.84. The molecule has 0 aromatic rings. The van der Waals surface area contributed by atoms with Crippen molar-refractivity contribution in [2.75, 3.05) is 13.1 Å². The van der Waals surface area contributed by atoms with E-state index in [1.54, 1.807) is 0 Å². The van der Waals surface area contributed by atoms with Crippen molar-refractivity contribution in [2.45, 2.75) is 33.4 Å². The maximum Gasteiger partial charge on any atom is 0.117 e. The topological polar surface area (TPSA) is 12.0 Å². The van der Waals surface area contributed by atoms with E-state index in [0.717, 1.165) is 13.0 Å². The van der Waals surface area contributed by atoms with Gasteiger partial charge in [-0.3, -0.25) is 0 Å². The Bertz CT molecular complexity index is 128. The second-order valence-corrected chi connectivity index (χ2v) is 4.70. The molecule has 0 aromatic carbocycles. The molecule has 0 aromatic heterocycles. The molecule has 11 heavy (non-hydrogen) atoms. The highest BCUT2D eigenvalue weighted by Crippen LogP contribution is 2.28. The van der Waals surface area contributed by atoms with Crippen LogP contribution in [-0.4, -0.2) is 19.3 Å². The van der Waals surface area contributed by atoms with E-state index in [1.165, 1.54) is 0 Å². The van der Waals surface area contributed by atoms with Crippen LogP contribution in [0.3, 0.4) is 0 Å². The van der Waals surface area contributed by atoms with Gasteiger partial charge in [0.2, 0.25) is 0 Å². The molecule has 1 aliphatic rings. The molecule has 0 amide bonds. The molecule has 1 fully saturated rings. The summed E-state index contributed by atoms with van der Waals surface area (Å²) in [6.07, 6.45) is 0.371. The minimum Gasteiger partial charge on any atom is -0.313 e. The third kappa shape index (κ3) is 2.78. The van der Waals surface area contributed by atoms with Crippen LogP contribution in [0.15, 0.2) is 0 Å². The molecule has 0 bridgehead atoms. The van der Waals surface area contributed by atoms with E-state index >= 15 is 0 Å². The van der Waals surface area contributed by atoms with Crippen molar-refractivity contribution in [3.63, 3.8) is 0 Å². The van der Waals surface area contributed by atoms with Crippen molar-refractivity contribution in [1.29, 1.82) is 0 Å². The third-order valence-electron chi connectivity index (χ3n) is 2.13. The molecule has 1 aliphatic heterocycles. The molecular formula is C9H18FN. The molecule has 0 radical (unpaired) electrons. The van der Waals surface area contributed by atoms with Gasteiger partial charge in [0.05, 0.1) is 0 Å². The Hall–Kier alpha value is -0.110. The Morgan fingerprint density at radius 1 is 1.36 bits per heavy atom. The molecule has 1 N–H and O–H groups in total. The van der Waals surface area contributed by atoms with Crippen LogP contribution in [0.2, 0.25) is 0 Å². The molecular weight excluding hydrogens is 141 g/mol. The van der Waals surface area contributed by atoms with Gasteiger partial charge in [-0.05, 0) is 11.8 Å². The van der Waals surface area contributed by atoms with Crippen LogP contribution in [-0.2, 0) is 0 Å². The first-order valence-electron chi connectivity index (χ1n) is 4.34. The molecule has 66 valence electrons. The minimum atomic E-state index is -0.616. The zero-order chi connectivity index (χ0) is 8.48. The summed E-state index contributed by atoms with van der Waals surface area (Å²) in [5.74, 6) is 0.245. The van der Waals surface area contributed by atoms with Crippen molar-refractivity contribution in [1.82, 2.24) is 5.32 Å². The maximum atomic E-state index is 13.1. The largest absolute Gasteiger partial charge is 0.313 e. The zero-order valence-corrected chi connectivity index (χ0v) is 7.65. The van der Waals surface area contributed by atoms with Gasteiger partial charge in [0.15, 0.2) is 0 Å². The summed E-state index contributed by atoms with van der Waals surface area (Å²) >= 11 is 0. The van der Waals surface area contributed by atoms with Crippen LogP contribution in [0.25, 0.3) is 0 Å². The van der Waals surface area contributed by atoms with Gasteiger partial charge < -0.3 is 5.32 Å². The summed E-state index contributed by atoms with van der Waals surface area (Å²) in [6.45, 7) is 7.91. The Kier molecular flexibility index (Phi) is 2.53. The van der Waals surface area contributed by atoms with E-state index in [-0.39, 0.29) is 11.3 Å². The predicted octanol–water partition coefficient (Wildman–Crippen LogP) is 1.98. The van der Waals surface area contributed by atoms with Crippen LogP contribution < -0.4 is 5.32 Å². The van der Waals surface area contributed by atoms with Crippen molar-refractivity contribution in [3.8, 4) is 0 Å². The predicted molar refractivity (Wildman–Crippen MR) is 45.3 cm³/mol. The van der Waals surface area contributed by atoms with Gasteiger partial charge in [0.25, 0.3) is 0 Å². The quantitative estimate of drug-likeness (QED) is 0.617. The fraction of sp³-hybridized carbons (Fsp3) is 1.00. The van der Waals surface area contributed by atoms with Gasteiger partial charge in [-0.2, -0.15) is 0 Å². The summed E-state index contributed by atoms with van der Waals surface area (Å²) in [7, 11) is 0. The highest BCUT2D eigenvalue weighted by molar-refractivity contribution is 4.83. The second kappa shape index (κ2) is 3.10. The van der Waals surface area contributed by atoms with Crippen LogP contribution in [0, 0.1) is 11.3 Å². The SMILES string of the molecule is CC(C)(C)C[C@@H]1CNCC1F. The second-order valence-electron chi connectivity index (χ2n) is 4.70. The molecule has 1 unspecified atom stereocenters. The fourth-order valence-corrected chi connectivity index (χ4v) is 1.69. The lowest BCUT2D eigenvalue weighted by molar-refractivity contribution is 0.213. The van der Waals surface area contributed by atoms with Crippen molar-refractivity contribution in [2.24, 2.45) is 11.3 Å². The molecule has 1 rings (SSSR count). The smallest absolute Gasteiger partial charge is 0.117 e. The fourth-order valence-electron chi connectivity index (χ4n) is 1.69. The summed E-state index contributed by atoms with van der Waals surface area (Å²) in [4.78, 5) is 0. The van der Waals surface area contributed by atoms with Gasteiger partial charge in [-0.15, -0.1) is 0 Å². The standard InChI is InChI=1S/C9H18FN/c1-9(2,3)4-7-5-11-6-8(7)10/h7-8,11H,4-6H2,1-3H3/t7-,8?/m1/s1.